The highest BCUT2D eigenvalue weighted by atomic mass is 16.3. The highest BCUT2D eigenvalue weighted by molar-refractivity contribution is 4.78. The molecule has 0 atom stereocenters. The minimum absolute atomic E-state index is 0.192. The highest BCUT2D eigenvalue weighted by Gasteiger charge is 2.20. The second-order valence-corrected chi connectivity index (χ2v) is 6.23. The van der Waals surface area contributed by atoms with Gasteiger partial charge in [0, 0.05) is 31.2 Å². The van der Waals surface area contributed by atoms with E-state index in [-0.39, 0.29) is 12.1 Å². The zero-order valence-corrected chi connectivity index (χ0v) is 11.8. The highest BCUT2D eigenvalue weighted by Crippen LogP contribution is 2.22. The fourth-order valence-corrected chi connectivity index (χ4v) is 2.63. The third kappa shape index (κ3) is 6.39. The number of aliphatic hydroxyl groups excluding tert-OH is 1. The van der Waals surface area contributed by atoms with Crippen molar-refractivity contribution in [2.75, 3.05) is 26.2 Å². The first kappa shape index (κ1) is 14.9. The van der Waals surface area contributed by atoms with Gasteiger partial charge in [0.2, 0.25) is 0 Å². The molecule has 0 aliphatic heterocycles. The van der Waals surface area contributed by atoms with E-state index < -0.39 is 0 Å². The van der Waals surface area contributed by atoms with Crippen LogP contribution in [0.15, 0.2) is 0 Å². The van der Waals surface area contributed by atoms with Crippen molar-refractivity contribution in [1.29, 1.82) is 0 Å². The Kier molecular flexibility index (Phi) is 6.45. The normalized spacial score (nSPS) is 18.9. The first-order chi connectivity index (χ1) is 8.03. The van der Waals surface area contributed by atoms with Gasteiger partial charge in [0.05, 0.1) is 6.61 Å². The van der Waals surface area contributed by atoms with Crippen LogP contribution in [0, 0.1) is 0 Å². The van der Waals surface area contributed by atoms with Gasteiger partial charge in [0.25, 0.3) is 0 Å². The monoisotopic (exact) mass is 242 g/mol. The molecule has 0 radical (unpaired) electrons. The summed E-state index contributed by atoms with van der Waals surface area (Å²) in [5.41, 5.74) is 0.192. The van der Waals surface area contributed by atoms with Gasteiger partial charge in [-0.25, -0.2) is 0 Å². The molecule has 17 heavy (non-hydrogen) atoms. The van der Waals surface area contributed by atoms with Gasteiger partial charge in [-0.3, -0.25) is 4.90 Å². The zero-order chi connectivity index (χ0) is 12.7. The minimum atomic E-state index is 0.192. The van der Waals surface area contributed by atoms with Crippen molar-refractivity contribution in [3.8, 4) is 0 Å². The molecule has 3 heteroatoms. The Morgan fingerprint density at radius 2 is 1.76 bits per heavy atom. The number of nitrogens with zero attached hydrogens (tertiary/aromatic N) is 1. The molecular formula is C14H30N2O. The van der Waals surface area contributed by atoms with Crippen molar-refractivity contribution in [2.45, 2.75) is 64.5 Å². The first-order valence-electron chi connectivity index (χ1n) is 7.13. The lowest BCUT2D eigenvalue weighted by Gasteiger charge is -2.34. The summed E-state index contributed by atoms with van der Waals surface area (Å²) in [4.78, 5) is 2.47. The summed E-state index contributed by atoms with van der Waals surface area (Å²) >= 11 is 0. The molecule has 0 aromatic heterocycles. The second kappa shape index (κ2) is 7.34. The van der Waals surface area contributed by atoms with Crippen LogP contribution in [0.1, 0.15) is 52.9 Å². The third-order valence-corrected chi connectivity index (χ3v) is 3.53. The summed E-state index contributed by atoms with van der Waals surface area (Å²) < 4.78 is 0. The maximum atomic E-state index is 9.16. The summed E-state index contributed by atoms with van der Waals surface area (Å²) in [6.07, 6.45) is 6.74. The van der Waals surface area contributed by atoms with Crippen molar-refractivity contribution >= 4 is 0 Å². The SMILES string of the molecule is CC(C)(C)NCCN(CCO)C1CCCCC1. The van der Waals surface area contributed by atoms with Crippen LogP contribution in [-0.4, -0.2) is 47.8 Å². The Labute approximate surface area is 107 Å². The minimum Gasteiger partial charge on any atom is -0.395 e. The molecule has 102 valence electrons. The van der Waals surface area contributed by atoms with E-state index in [0.29, 0.717) is 6.04 Å². The van der Waals surface area contributed by atoms with Crippen LogP contribution in [0.2, 0.25) is 0 Å². The average Bonchev–Trinajstić information content (AvgIpc) is 2.27. The molecule has 0 heterocycles. The summed E-state index contributed by atoms with van der Waals surface area (Å²) in [5.74, 6) is 0. The van der Waals surface area contributed by atoms with Crippen molar-refractivity contribution in [2.24, 2.45) is 0 Å². The quantitative estimate of drug-likeness (QED) is 0.748. The topological polar surface area (TPSA) is 35.5 Å². The Balaban J connectivity index is 2.31. The van der Waals surface area contributed by atoms with E-state index in [1.807, 2.05) is 0 Å². The number of aliphatic hydroxyl groups is 1. The molecule has 0 amide bonds. The molecule has 0 spiro atoms. The van der Waals surface area contributed by atoms with Gasteiger partial charge >= 0.3 is 0 Å². The molecule has 3 nitrogen and oxygen atoms in total. The van der Waals surface area contributed by atoms with Gasteiger partial charge in [0.15, 0.2) is 0 Å². The average molecular weight is 242 g/mol. The fraction of sp³-hybridized carbons (Fsp3) is 1.00. The molecule has 0 saturated heterocycles. The van der Waals surface area contributed by atoms with Crippen molar-refractivity contribution in [1.82, 2.24) is 10.2 Å². The van der Waals surface area contributed by atoms with Crippen LogP contribution in [0.3, 0.4) is 0 Å². The fourth-order valence-electron chi connectivity index (χ4n) is 2.63. The molecular weight excluding hydrogens is 212 g/mol. The van der Waals surface area contributed by atoms with E-state index in [4.69, 9.17) is 5.11 Å². The molecule has 1 rings (SSSR count). The summed E-state index contributed by atoms with van der Waals surface area (Å²) in [6.45, 7) is 9.78. The van der Waals surface area contributed by atoms with E-state index in [9.17, 15) is 0 Å². The summed E-state index contributed by atoms with van der Waals surface area (Å²) in [7, 11) is 0. The molecule has 1 aliphatic rings. The Morgan fingerprint density at radius 1 is 1.12 bits per heavy atom. The maximum absolute atomic E-state index is 9.16. The lowest BCUT2D eigenvalue weighted by atomic mass is 9.94. The third-order valence-electron chi connectivity index (χ3n) is 3.53. The summed E-state index contributed by atoms with van der Waals surface area (Å²) in [5, 5.41) is 12.7. The molecule has 0 bridgehead atoms. The van der Waals surface area contributed by atoms with Crippen LogP contribution in [-0.2, 0) is 0 Å². The van der Waals surface area contributed by atoms with Crippen LogP contribution in [0.4, 0.5) is 0 Å². The van der Waals surface area contributed by atoms with Crippen molar-refractivity contribution in [3.63, 3.8) is 0 Å². The Morgan fingerprint density at radius 3 is 2.29 bits per heavy atom. The predicted octanol–water partition coefficient (Wildman–Crippen LogP) is 2.00. The van der Waals surface area contributed by atoms with Gasteiger partial charge in [-0.2, -0.15) is 0 Å². The Bertz CT molecular complexity index is 195. The van der Waals surface area contributed by atoms with E-state index in [2.05, 4.69) is 31.0 Å². The number of nitrogens with one attached hydrogen (secondary N) is 1. The lowest BCUT2D eigenvalue weighted by molar-refractivity contribution is 0.122. The first-order valence-corrected chi connectivity index (χ1v) is 7.13. The number of rotatable bonds is 6. The van der Waals surface area contributed by atoms with Crippen molar-refractivity contribution in [3.05, 3.63) is 0 Å². The molecule has 0 aromatic carbocycles. The molecule has 1 saturated carbocycles. The van der Waals surface area contributed by atoms with Crippen LogP contribution >= 0.6 is 0 Å². The van der Waals surface area contributed by atoms with E-state index in [1.54, 1.807) is 0 Å². The number of hydrogen-bond donors (Lipinski definition) is 2. The molecule has 1 fully saturated rings. The van der Waals surface area contributed by atoms with E-state index in [0.717, 1.165) is 19.6 Å². The second-order valence-electron chi connectivity index (χ2n) is 6.23. The largest absolute Gasteiger partial charge is 0.395 e. The molecule has 0 unspecified atom stereocenters. The standard InChI is InChI=1S/C14H30N2O/c1-14(2,3)15-9-10-16(11-12-17)13-7-5-4-6-8-13/h13,15,17H,4-12H2,1-3H3. The lowest BCUT2D eigenvalue weighted by Crippen LogP contribution is -2.46. The smallest absolute Gasteiger partial charge is 0.0558 e. The molecule has 0 aromatic rings. The molecule has 2 N–H and O–H groups in total. The van der Waals surface area contributed by atoms with E-state index in [1.165, 1.54) is 32.1 Å². The van der Waals surface area contributed by atoms with Gasteiger partial charge in [-0.05, 0) is 33.6 Å². The van der Waals surface area contributed by atoms with Crippen molar-refractivity contribution < 1.29 is 5.11 Å². The van der Waals surface area contributed by atoms with Gasteiger partial charge < -0.3 is 10.4 Å². The van der Waals surface area contributed by atoms with Gasteiger partial charge in [0.1, 0.15) is 0 Å². The maximum Gasteiger partial charge on any atom is 0.0558 e. The molecule has 1 aliphatic carbocycles. The van der Waals surface area contributed by atoms with Crippen LogP contribution < -0.4 is 5.32 Å². The van der Waals surface area contributed by atoms with E-state index >= 15 is 0 Å². The Hall–Kier alpha value is -0.120. The summed E-state index contributed by atoms with van der Waals surface area (Å²) in [6, 6.07) is 0.706. The zero-order valence-electron chi connectivity index (χ0n) is 11.8. The predicted molar refractivity (Wildman–Crippen MR) is 73.3 cm³/mol. The van der Waals surface area contributed by atoms with Crippen LogP contribution in [0.5, 0.6) is 0 Å². The van der Waals surface area contributed by atoms with Crippen LogP contribution in [0.25, 0.3) is 0 Å². The number of hydrogen-bond acceptors (Lipinski definition) is 3. The van der Waals surface area contributed by atoms with Gasteiger partial charge in [-0.1, -0.05) is 19.3 Å². The van der Waals surface area contributed by atoms with Gasteiger partial charge in [-0.15, -0.1) is 0 Å².